The van der Waals surface area contributed by atoms with Gasteiger partial charge in [-0.25, -0.2) is 8.42 Å². The van der Waals surface area contributed by atoms with Crippen molar-refractivity contribution in [2.45, 2.75) is 48.9 Å². The Bertz CT molecular complexity index is 1540. The molecule has 3 aromatic rings. The molecule has 0 bridgehead atoms. The molecule has 4 rings (SSSR count). The third-order valence-electron chi connectivity index (χ3n) is 6.37. The van der Waals surface area contributed by atoms with Crippen molar-refractivity contribution in [1.29, 1.82) is 0 Å². The third-order valence-corrected chi connectivity index (χ3v) is 9.05. The normalized spacial score (nSPS) is 16.3. The minimum Gasteiger partial charge on any atom is -0.497 e. The van der Waals surface area contributed by atoms with Crippen LogP contribution < -0.4 is 9.47 Å². The van der Waals surface area contributed by atoms with Gasteiger partial charge >= 0.3 is 15.6 Å². The number of hydrogen-bond acceptors (Lipinski definition) is 8. The summed E-state index contributed by atoms with van der Waals surface area (Å²) in [6, 6.07) is 14.4. The average Bonchev–Trinajstić information content (AvgIpc) is 3.44. The van der Waals surface area contributed by atoms with Crippen LogP contribution >= 0.6 is 0 Å². The molecule has 0 amide bonds. The Labute approximate surface area is 236 Å². The molecule has 1 aliphatic rings. The molecule has 15 heteroatoms. The Hall–Kier alpha value is -3.56. The zero-order chi connectivity index (χ0) is 29.8. The van der Waals surface area contributed by atoms with Gasteiger partial charge in [-0.3, -0.25) is 4.68 Å². The molecule has 10 nitrogen and oxygen atoms in total. The van der Waals surface area contributed by atoms with Gasteiger partial charge in [0.1, 0.15) is 17.3 Å². The van der Waals surface area contributed by atoms with Gasteiger partial charge in [-0.05, 0) is 60.4 Å². The molecule has 2 aromatic carbocycles. The summed E-state index contributed by atoms with van der Waals surface area (Å²) in [6.45, 7) is 0.0314. The lowest BCUT2D eigenvalue weighted by Crippen LogP contribution is -2.31. The first-order valence-corrected chi connectivity index (χ1v) is 15.2. The maximum Gasteiger partial charge on any atom is 0.534 e. The largest absolute Gasteiger partial charge is 0.534 e. The lowest BCUT2D eigenvalue weighted by Gasteiger charge is -2.23. The number of halogens is 3. The molecule has 1 heterocycles. The molecule has 0 aliphatic heterocycles. The summed E-state index contributed by atoms with van der Waals surface area (Å²) in [7, 11) is -6.93. The Balaban J connectivity index is 1.61. The first-order chi connectivity index (χ1) is 19.3. The summed E-state index contributed by atoms with van der Waals surface area (Å²) in [6.07, 6.45) is 3.28. The number of aromatic nitrogens is 2. The van der Waals surface area contributed by atoms with E-state index in [1.165, 1.54) is 41.5 Å². The summed E-state index contributed by atoms with van der Waals surface area (Å²) >= 11 is 0. The Morgan fingerprint density at radius 1 is 0.902 bits per heavy atom. The van der Waals surface area contributed by atoms with Gasteiger partial charge in [0.2, 0.25) is 0 Å². The van der Waals surface area contributed by atoms with E-state index in [4.69, 9.17) is 9.47 Å². The van der Waals surface area contributed by atoms with Crippen LogP contribution in [0.3, 0.4) is 0 Å². The van der Waals surface area contributed by atoms with Crippen molar-refractivity contribution in [3.63, 3.8) is 0 Å². The van der Waals surface area contributed by atoms with Gasteiger partial charge in [0.05, 0.1) is 20.3 Å². The molecule has 1 unspecified atom stereocenters. The quantitative estimate of drug-likeness (QED) is 0.224. The van der Waals surface area contributed by atoms with E-state index in [1.807, 2.05) is 0 Å². The summed E-state index contributed by atoms with van der Waals surface area (Å²) in [4.78, 5) is 0. The monoisotopic (exact) mass is 615 g/mol. The van der Waals surface area contributed by atoms with Crippen molar-refractivity contribution in [3.8, 4) is 11.5 Å². The van der Waals surface area contributed by atoms with Crippen LogP contribution in [0.25, 0.3) is 0 Å². The number of allylic oxidation sites excluding steroid dienone is 2. The van der Waals surface area contributed by atoms with Gasteiger partial charge in [0.15, 0.2) is 5.03 Å². The zero-order valence-corrected chi connectivity index (χ0v) is 23.7. The fourth-order valence-electron chi connectivity index (χ4n) is 4.20. The van der Waals surface area contributed by atoms with E-state index < -0.39 is 31.7 Å². The van der Waals surface area contributed by atoms with Crippen LogP contribution in [0.15, 0.2) is 77.7 Å². The number of rotatable bonds is 11. The summed E-state index contributed by atoms with van der Waals surface area (Å²) in [5.41, 5.74) is -4.17. The Kier molecular flexibility index (Phi) is 8.99. The number of benzene rings is 2. The smallest absolute Gasteiger partial charge is 0.497 e. The van der Waals surface area contributed by atoms with E-state index in [1.54, 1.807) is 48.5 Å². The third kappa shape index (κ3) is 7.21. The standard InChI is InChI=1S/C26H28F3N3O7S2/c1-37-22-10-6-19(7-11-22)17-31(18-20-8-12-23(38-2)13-9-20)40(33,34)25-14-15-32(30-25)21-4-3-5-24(16-21)39-41(35,36)26(27,28)29/h6-16,21H,3-5,17-18H2,1-2H3. The van der Waals surface area contributed by atoms with Gasteiger partial charge in [-0.15, -0.1) is 0 Å². The van der Waals surface area contributed by atoms with Crippen LogP contribution in [0.5, 0.6) is 11.5 Å². The van der Waals surface area contributed by atoms with Crippen LogP contribution in [0.1, 0.15) is 36.4 Å². The van der Waals surface area contributed by atoms with Gasteiger partial charge in [-0.1, -0.05) is 24.3 Å². The predicted octanol–water partition coefficient (Wildman–Crippen LogP) is 4.77. The van der Waals surface area contributed by atoms with Crippen LogP contribution in [0.2, 0.25) is 0 Å². The summed E-state index contributed by atoms with van der Waals surface area (Å²) < 4.78 is 106. The lowest BCUT2D eigenvalue weighted by atomic mass is 10.0. The van der Waals surface area contributed by atoms with E-state index >= 15 is 0 Å². The average molecular weight is 616 g/mol. The molecule has 1 aromatic heterocycles. The summed E-state index contributed by atoms with van der Waals surface area (Å²) in [5.74, 6) is 0.854. The highest BCUT2D eigenvalue weighted by molar-refractivity contribution is 7.89. The molecule has 222 valence electrons. The molecule has 0 N–H and O–H groups in total. The predicted molar refractivity (Wildman–Crippen MR) is 142 cm³/mol. The van der Waals surface area contributed by atoms with Crippen molar-refractivity contribution in [2.75, 3.05) is 14.2 Å². The fourth-order valence-corrected chi connectivity index (χ4v) is 6.05. The first-order valence-electron chi connectivity index (χ1n) is 12.3. The minimum absolute atomic E-state index is 0.0157. The number of nitrogens with zero attached hydrogens (tertiary/aromatic N) is 3. The van der Waals surface area contributed by atoms with Crippen molar-refractivity contribution in [1.82, 2.24) is 14.1 Å². The second kappa shape index (κ2) is 12.1. The number of alkyl halides is 3. The highest BCUT2D eigenvalue weighted by atomic mass is 32.2. The van der Waals surface area contributed by atoms with Crippen LogP contribution in [0.4, 0.5) is 13.2 Å². The number of ether oxygens (including phenoxy) is 2. The molecule has 0 radical (unpaired) electrons. The van der Waals surface area contributed by atoms with Crippen LogP contribution in [-0.4, -0.2) is 50.6 Å². The molecule has 1 aliphatic carbocycles. The van der Waals surface area contributed by atoms with Crippen molar-refractivity contribution in [3.05, 3.63) is 83.8 Å². The highest BCUT2D eigenvalue weighted by Gasteiger charge is 2.49. The molecule has 41 heavy (non-hydrogen) atoms. The van der Waals surface area contributed by atoms with Crippen molar-refractivity contribution in [2.24, 2.45) is 0 Å². The van der Waals surface area contributed by atoms with E-state index in [-0.39, 0.29) is 30.3 Å². The molecule has 1 atom stereocenters. The second-order valence-corrected chi connectivity index (χ2v) is 12.6. The second-order valence-electron chi connectivity index (χ2n) is 9.18. The lowest BCUT2D eigenvalue weighted by molar-refractivity contribution is -0.0524. The minimum atomic E-state index is -5.82. The first kappa shape index (κ1) is 30.4. The molecule has 0 spiro atoms. The van der Waals surface area contributed by atoms with Crippen molar-refractivity contribution < 1.29 is 43.7 Å². The molecule has 0 saturated carbocycles. The van der Waals surface area contributed by atoms with E-state index in [0.29, 0.717) is 35.5 Å². The van der Waals surface area contributed by atoms with Crippen molar-refractivity contribution >= 4 is 20.1 Å². The maximum absolute atomic E-state index is 13.8. The maximum atomic E-state index is 13.8. The van der Waals surface area contributed by atoms with Crippen LogP contribution in [0, 0.1) is 0 Å². The Morgan fingerprint density at radius 2 is 1.44 bits per heavy atom. The number of sulfonamides is 1. The van der Waals surface area contributed by atoms with Gasteiger partial charge in [0.25, 0.3) is 10.0 Å². The number of hydrogen-bond donors (Lipinski definition) is 0. The van der Waals surface area contributed by atoms with E-state index in [0.717, 1.165) is 0 Å². The molecule has 0 fully saturated rings. The molecule has 0 saturated heterocycles. The van der Waals surface area contributed by atoms with E-state index in [9.17, 15) is 30.0 Å². The molecular weight excluding hydrogens is 587 g/mol. The summed E-state index contributed by atoms with van der Waals surface area (Å²) in [5, 5.41) is 3.95. The topological polar surface area (TPSA) is 117 Å². The molecular formula is C26H28F3N3O7S2. The Morgan fingerprint density at radius 3 is 1.93 bits per heavy atom. The van der Waals surface area contributed by atoms with Gasteiger partial charge < -0.3 is 13.7 Å². The number of methoxy groups -OCH3 is 2. The SMILES string of the molecule is COc1ccc(CN(Cc2ccc(OC)cc2)S(=O)(=O)c2ccn(C3C=C(OS(=O)(=O)C(F)(F)F)CCC3)n2)cc1. The van der Waals surface area contributed by atoms with Gasteiger partial charge in [0, 0.05) is 25.7 Å². The van der Waals surface area contributed by atoms with E-state index in [2.05, 4.69) is 9.28 Å². The zero-order valence-electron chi connectivity index (χ0n) is 22.1. The highest BCUT2D eigenvalue weighted by Crippen LogP contribution is 2.33. The van der Waals surface area contributed by atoms with Gasteiger partial charge in [-0.2, -0.15) is 31.0 Å². The van der Waals surface area contributed by atoms with Crippen LogP contribution in [-0.2, 0) is 37.4 Å². The fraction of sp³-hybridized carbons (Fsp3) is 0.346.